The lowest BCUT2D eigenvalue weighted by Gasteiger charge is -2.13. The SMILES string of the molecule is CCSc1ccc(NC(=O)CCCN2C(=O)c3ccc(C)cc3C2=O)cn1. The lowest BCUT2D eigenvalue weighted by atomic mass is 10.1. The minimum absolute atomic E-state index is 0.167. The van der Waals surface area contributed by atoms with Gasteiger partial charge in [-0.05, 0) is 43.4 Å². The Labute approximate surface area is 162 Å². The van der Waals surface area contributed by atoms with E-state index in [-0.39, 0.29) is 30.7 Å². The molecule has 3 rings (SSSR count). The number of aryl methyl sites for hydroxylation is 1. The van der Waals surface area contributed by atoms with Crippen molar-refractivity contribution in [2.45, 2.75) is 31.7 Å². The number of fused-ring (bicyclic) bond motifs is 1. The topological polar surface area (TPSA) is 79.4 Å². The van der Waals surface area contributed by atoms with Gasteiger partial charge in [0.2, 0.25) is 5.91 Å². The van der Waals surface area contributed by atoms with Crippen molar-refractivity contribution in [3.05, 3.63) is 53.2 Å². The molecule has 6 nitrogen and oxygen atoms in total. The second kappa shape index (κ2) is 8.35. The number of carbonyl (C=O) groups excluding carboxylic acids is 3. The van der Waals surface area contributed by atoms with Crippen LogP contribution >= 0.6 is 11.8 Å². The van der Waals surface area contributed by atoms with Crippen LogP contribution < -0.4 is 5.32 Å². The van der Waals surface area contributed by atoms with Gasteiger partial charge in [0.05, 0.1) is 28.0 Å². The fraction of sp³-hybridized carbons (Fsp3) is 0.300. The number of imide groups is 1. The Morgan fingerprint density at radius 1 is 1.15 bits per heavy atom. The summed E-state index contributed by atoms with van der Waals surface area (Å²) in [5.74, 6) is 0.201. The first-order valence-corrected chi connectivity index (χ1v) is 9.83. The average molecular weight is 383 g/mol. The summed E-state index contributed by atoms with van der Waals surface area (Å²) >= 11 is 1.63. The second-order valence-corrected chi connectivity index (χ2v) is 7.57. The van der Waals surface area contributed by atoms with Crippen LogP contribution in [0, 0.1) is 6.92 Å². The number of rotatable bonds is 7. The molecule has 1 aliphatic heterocycles. The molecular formula is C20H21N3O3S. The molecule has 0 spiro atoms. The molecule has 1 aliphatic rings. The molecule has 0 bridgehead atoms. The summed E-state index contributed by atoms with van der Waals surface area (Å²) < 4.78 is 0. The largest absolute Gasteiger partial charge is 0.325 e. The van der Waals surface area contributed by atoms with E-state index in [2.05, 4.69) is 17.2 Å². The Morgan fingerprint density at radius 2 is 1.93 bits per heavy atom. The Kier molecular flexibility index (Phi) is 5.91. The number of amides is 3. The summed E-state index contributed by atoms with van der Waals surface area (Å²) in [6.07, 6.45) is 2.26. The summed E-state index contributed by atoms with van der Waals surface area (Å²) in [5.41, 5.74) is 2.46. The maximum absolute atomic E-state index is 12.4. The van der Waals surface area contributed by atoms with E-state index in [0.717, 1.165) is 16.3 Å². The minimum Gasteiger partial charge on any atom is -0.325 e. The summed E-state index contributed by atoms with van der Waals surface area (Å²) in [6, 6.07) is 8.92. The zero-order valence-electron chi connectivity index (χ0n) is 15.3. The monoisotopic (exact) mass is 383 g/mol. The third-order valence-electron chi connectivity index (χ3n) is 4.22. The molecule has 1 aromatic heterocycles. The molecule has 2 aromatic rings. The van der Waals surface area contributed by atoms with E-state index in [1.54, 1.807) is 30.1 Å². The fourth-order valence-corrected chi connectivity index (χ4v) is 3.50. The van der Waals surface area contributed by atoms with Crippen LogP contribution in [0.4, 0.5) is 5.69 Å². The van der Waals surface area contributed by atoms with Crippen LogP contribution in [0.25, 0.3) is 0 Å². The first-order chi connectivity index (χ1) is 13.0. The molecule has 0 radical (unpaired) electrons. The summed E-state index contributed by atoms with van der Waals surface area (Å²) in [5, 5.41) is 3.70. The predicted molar refractivity (Wildman–Crippen MR) is 105 cm³/mol. The lowest BCUT2D eigenvalue weighted by Crippen LogP contribution is -2.31. The smallest absolute Gasteiger partial charge is 0.261 e. The number of benzene rings is 1. The van der Waals surface area contributed by atoms with Crippen LogP contribution in [0.5, 0.6) is 0 Å². The second-order valence-electron chi connectivity index (χ2n) is 6.28. The van der Waals surface area contributed by atoms with Crippen molar-refractivity contribution in [1.82, 2.24) is 9.88 Å². The quantitative estimate of drug-likeness (QED) is 0.585. The highest BCUT2D eigenvalue weighted by Gasteiger charge is 2.34. The van der Waals surface area contributed by atoms with Crippen LogP contribution in [0.3, 0.4) is 0 Å². The highest BCUT2D eigenvalue weighted by molar-refractivity contribution is 7.99. The van der Waals surface area contributed by atoms with Gasteiger partial charge in [0.1, 0.15) is 0 Å². The van der Waals surface area contributed by atoms with E-state index < -0.39 is 0 Å². The van der Waals surface area contributed by atoms with Crippen molar-refractivity contribution in [2.75, 3.05) is 17.6 Å². The van der Waals surface area contributed by atoms with Crippen LogP contribution in [-0.4, -0.2) is 39.9 Å². The van der Waals surface area contributed by atoms with Crippen LogP contribution in [0.15, 0.2) is 41.6 Å². The van der Waals surface area contributed by atoms with Crippen LogP contribution in [-0.2, 0) is 4.79 Å². The summed E-state index contributed by atoms with van der Waals surface area (Å²) in [7, 11) is 0. The van der Waals surface area contributed by atoms with E-state index >= 15 is 0 Å². The van der Waals surface area contributed by atoms with Gasteiger partial charge < -0.3 is 5.32 Å². The van der Waals surface area contributed by atoms with Crippen molar-refractivity contribution in [3.8, 4) is 0 Å². The van der Waals surface area contributed by atoms with Crippen molar-refractivity contribution < 1.29 is 14.4 Å². The molecule has 0 saturated heterocycles. The normalized spacial score (nSPS) is 13.0. The number of anilines is 1. The molecule has 7 heteroatoms. The van der Waals surface area contributed by atoms with Crippen LogP contribution in [0.1, 0.15) is 46.0 Å². The number of hydrogen-bond acceptors (Lipinski definition) is 5. The number of aromatic nitrogens is 1. The predicted octanol–water partition coefficient (Wildman–Crippen LogP) is 3.52. The highest BCUT2D eigenvalue weighted by Crippen LogP contribution is 2.24. The standard InChI is InChI=1S/C20H21N3O3S/c1-3-27-18-9-7-14(12-21-18)22-17(24)5-4-10-23-19(25)15-8-6-13(2)11-16(15)20(23)26/h6-9,11-12H,3-5,10H2,1-2H3,(H,22,24). The molecular weight excluding hydrogens is 362 g/mol. The molecule has 1 N–H and O–H groups in total. The molecule has 140 valence electrons. The Bertz CT molecular complexity index is 881. The molecule has 0 atom stereocenters. The number of carbonyl (C=O) groups is 3. The summed E-state index contributed by atoms with van der Waals surface area (Å²) in [4.78, 5) is 42.3. The van der Waals surface area contributed by atoms with Crippen molar-refractivity contribution in [3.63, 3.8) is 0 Å². The summed E-state index contributed by atoms with van der Waals surface area (Å²) in [6.45, 7) is 4.16. The van der Waals surface area contributed by atoms with Crippen molar-refractivity contribution in [2.24, 2.45) is 0 Å². The lowest BCUT2D eigenvalue weighted by molar-refractivity contribution is -0.116. The maximum atomic E-state index is 12.4. The van der Waals surface area contributed by atoms with E-state index in [1.165, 1.54) is 4.90 Å². The van der Waals surface area contributed by atoms with Gasteiger partial charge in [-0.25, -0.2) is 4.98 Å². The first-order valence-electron chi connectivity index (χ1n) is 8.85. The van der Waals surface area contributed by atoms with E-state index in [0.29, 0.717) is 23.2 Å². The number of nitrogens with zero attached hydrogens (tertiary/aromatic N) is 2. The van der Waals surface area contributed by atoms with Crippen molar-refractivity contribution >= 4 is 35.2 Å². The van der Waals surface area contributed by atoms with E-state index in [9.17, 15) is 14.4 Å². The average Bonchev–Trinajstić information content (AvgIpc) is 2.88. The Morgan fingerprint density at radius 3 is 2.63 bits per heavy atom. The van der Waals surface area contributed by atoms with Gasteiger partial charge in [-0.15, -0.1) is 11.8 Å². The minimum atomic E-state index is -0.288. The molecule has 0 fully saturated rings. The van der Waals surface area contributed by atoms with E-state index in [1.807, 2.05) is 25.1 Å². The Hall–Kier alpha value is -2.67. The number of nitrogens with one attached hydrogen (secondary N) is 1. The van der Waals surface area contributed by atoms with Gasteiger partial charge in [0.15, 0.2) is 0 Å². The molecule has 27 heavy (non-hydrogen) atoms. The third-order valence-corrected chi connectivity index (χ3v) is 5.05. The Balaban J connectivity index is 1.50. The van der Waals surface area contributed by atoms with Gasteiger partial charge in [-0.3, -0.25) is 19.3 Å². The first kappa shape index (κ1) is 19.1. The molecule has 2 heterocycles. The van der Waals surface area contributed by atoms with E-state index in [4.69, 9.17) is 0 Å². The zero-order chi connectivity index (χ0) is 19.4. The molecule has 1 aromatic carbocycles. The third kappa shape index (κ3) is 4.36. The van der Waals surface area contributed by atoms with Gasteiger partial charge in [-0.2, -0.15) is 0 Å². The molecule has 0 unspecified atom stereocenters. The zero-order valence-corrected chi connectivity index (χ0v) is 16.1. The van der Waals surface area contributed by atoms with Gasteiger partial charge in [-0.1, -0.05) is 18.6 Å². The molecule has 3 amide bonds. The van der Waals surface area contributed by atoms with Gasteiger partial charge in [0.25, 0.3) is 11.8 Å². The van der Waals surface area contributed by atoms with Gasteiger partial charge in [0, 0.05) is 13.0 Å². The van der Waals surface area contributed by atoms with Gasteiger partial charge >= 0.3 is 0 Å². The highest BCUT2D eigenvalue weighted by atomic mass is 32.2. The number of pyridine rings is 1. The van der Waals surface area contributed by atoms with Crippen molar-refractivity contribution in [1.29, 1.82) is 0 Å². The maximum Gasteiger partial charge on any atom is 0.261 e. The molecule has 0 aliphatic carbocycles. The molecule has 0 saturated carbocycles. The number of hydrogen-bond donors (Lipinski definition) is 1. The van der Waals surface area contributed by atoms with Crippen LogP contribution in [0.2, 0.25) is 0 Å². The number of thioether (sulfide) groups is 1. The fourth-order valence-electron chi connectivity index (χ4n) is 2.92.